The summed E-state index contributed by atoms with van der Waals surface area (Å²) in [6, 6.07) is 13.1. The first-order chi connectivity index (χ1) is 16.7. The molecule has 0 bridgehead atoms. The van der Waals surface area contributed by atoms with Crippen molar-refractivity contribution in [2.24, 2.45) is 0 Å². The van der Waals surface area contributed by atoms with E-state index in [-0.39, 0.29) is 18.4 Å². The fourth-order valence-electron chi connectivity index (χ4n) is 4.56. The minimum absolute atomic E-state index is 0.0876. The van der Waals surface area contributed by atoms with Crippen molar-refractivity contribution in [1.82, 2.24) is 9.80 Å². The SMILES string of the molecule is N#Cc1ccccc1C(=O)N1CCC2(CC1)CN(CC(=O)Nc1ccc(C(F)(F)F)cc1)CCO2. The quantitative estimate of drug-likeness (QED) is 0.715. The molecule has 2 heterocycles. The maximum Gasteiger partial charge on any atom is 0.416 e. The highest BCUT2D eigenvalue weighted by Gasteiger charge is 2.41. The summed E-state index contributed by atoms with van der Waals surface area (Å²) in [5.74, 6) is -0.497. The van der Waals surface area contributed by atoms with Crippen LogP contribution in [0.25, 0.3) is 0 Å². The minimum Gasteiger partial charge on any atom is -0.372 e. The zero-order chi connectivity index (χ0) is 25.1. The van der Waals surface area contributed by atoms with E-state index in [1.807, 2.05) is 4.90 Å². The monoisotopic (exact) mass is 486 g/mol. The number of likely N-dealkylation sites (tertiary alicyclic amines) is 1. The Morgan fingerprint density at radius 2 is 1.74 bits per heavy atom. The Morgan fingerprint density at radius 3 is 2.40 bits per heavy atom. The van der Waals surface area contributed by atoms with Crippen molar-refractivity contribution in [2.75, 3.05) is 44.6 Å². The van der Waals surface area contributed by atoms with Gasteiger partial charge >= 0.3 is 6.18 Å². The molecule has 2 fully saturated rings. The molecule has 4 rings (SSSR count). The fraction of sp³-hybridized carbons (Fsp3) is 0.400. The van der Waals surface area contributed by atoms with Crippen molar-refractivity contribution in [3.05, 3.63) is 65.2 Å². The Kier molecular flexibility index (Phi) is 7.10. The Bertz CT molecular complexity index is 1120. The normalized spacial score (nSPS) is 18.2. The van der Waals surface area contributed by atoms with Crippen LogP contribution in [-0.2, 0) is 15.7 Å². The Morgan fingerprint density at radius 1 is 1.06 bits per heavy atom. The summed E-state index contributed by atoms with van der Waals surface area (Å²) in [6.07, 6.45) is -3.22. The number of benzene rings is 2. The lowest BCUT2D eigenvalue weighted by Gasteiger charge is -2.47. The predicted molar refractivity (Wildman–Crippen MR) is 121 cm³/mol. The summed E-state index contributed by atoms with van der Waals surface area (Å²) >= 11 is 0. The molecule has 2 aromatic rings. The van der Waals surface area contributed by atoms with Gasteiger partial charge in [-0.3, -0.25) is 14.5 Å². The molecule has 1 spiro atoms. The topological polar surface area (TPSA) is 85.7 Å². The molecule has 2 aliphatic rings. The van der Waals surface area contributed by atoms with Crippen LogP contribution in [0.1, 0.15) is 34.3 Å². The highest BCUT2D eigenvalue weighted by Crippen LogP contribution is 2.32. The van der Waals surface area contributed by atoms with Gasteiger partial charge in [0.05, 0.1) is 41.5 Å². The minimum atomic E-state index is -4.43. The van der Waals surface area contributed by atoms with Gasteiger partial charge in [-0.15, -0.1) is 0 Å². The average Bonchev–Trinajstić information content (AvgIpc) is 2.84. The highest BCUT2D eigenvalue weighted by atomic mass is 19.4. The van der Waals surface area contributed by atoms with Crippen LogP contribution >= 0.6 is 0 Å². The summed E-state index contributed by atoms with van der Waals surface area (Å²) in [4.78, 5) is 29.1. The van der Waals surface area contributed by atoms with E-state index in [0.717, 1.165) is 12.1 Å². The predicted octanol–water partition coefficient (Wildman–Crippen LogP) is 3.52. The Labute approximate surface area is 201 Å². The van der Waals surface area contributed by atoms with Gasteiger partial charge in [0.1, 0.15) is 0 Å². The highest BCUT2D eigenvalue weighted by molar-refractivity contribution is 5.96. The molecule has 2 amide bonds. The second-order valence-electron chi connectivity index (χ2n) is 8.82. The van der Waals surface area contributed by atoms with Gasteiger partial charge in [0, 0.05) is 31.9 Å². The van der Waals surface area contributed by atoms with Gasteiger partial charge in [-0.05, 0) is 49.2 Å². The van der Waals surface area contributed by atoms with Crippen molar-refractivity contribution in [1.29, 1.82) is 5.26 Å². The third kappa shape index (κ3) is 5.81. The number of nitriles is 1. The number of ether oxygens (including phenoxy) is 1. The molecule has 2 aliphatic heterocycles. The first-order valence-electron chi connectivity index (χ1n) is 11.3. The van der Waals surface area contributed by atoms with E-state index in [1.54, 1.807) is 29.2 Å². The first kappa shape index (κ1) is 24.7. The summed E-state index contributed by atoms with van der Waals surface area (Å²) in [6.45, 7) is 2.56. The maximum absolute atomic E-state index is 12.9. The van der Waals surface area contributed by atoms with Crippen LogP contribution in [0.3, 0.4) is 0 Å². The van der Waals surface area contributed by atoms with Gasteiger partial charge in [0.25, 0.3) is 5.91 Å². The Hall–Kier alpha value is -3.42. The zero-order valence-electron chi connectivity index (χ0n) is 19.0. The van der Waals surface area contributed by atoms with Gasteiger partial charge in [-0.25, -0.2) is 0 Å². The zero-order valence-corrected chi connectivity index (χ0v) is 19.0. The summed E-state index contributed by atoms with van der Waals surface area (Å²) in [7, 11) is 0. The fourth-order valence-corrected chi connectivity index (χ4v) is 4.56. The number of hydrogen-bond acceptors (Lipinski definition) is 5. The summed E-state index contributed by atoms with van der Waals surface area (Å²) in [5.41, 5.74) is -0.214. The number of carbonyl (C=O) groups is 2. The molecule has 7 nitrogen and oxygen atoms in total. The van der Waals surface area contributed by atoms with Gasteiger partial charge in [0.15, 0.2) is 0 Å². The third-order valence-electron chi connectivity index (χ3n) is 6.43. The molecule has 2 saturated heterocycles. The maximum atomic E-state index is 12.9. The van der Waals surface area contributed by atoms with Crippen molar-refractivity contribution in [2.45, 2.75) is 24.6 Å². The standard InChI is InChI=1S/C25H25F3N4O3/c26-25(27,28)19-5-7-20(8-6-19)30-22(33)16-31-13-14-35-24(17-31)9-11-32(12-10-24)23(34)21-4-2-1-3-18(21)15-29/h1-8H,9-14,16-17H2,(H,30,33). The van der Waals surface area contributed by atoms with Crippen LogP contribution in [0.2, 0.25) is 0 Å². The van der Waals surface area contributed by atoms with Crippen LogP contribution in [0.15, 0.2) is 48.5 Å². The van der Waals surface area contributed by atoms with E-state index in [2.05, 4.69) is 11.4 Å². The van der Waals surface area contributed by atoms with Gasteiger partial charge in [-0.2, -0.15) is 18.4 Å². The largest absolute Gasteiger partial charge is 0.416 e. The number of alkyl halides is 3. The molecule has 0 atom stereocenters. The van der Waals surface area contributed by atoms with Crippen LogP contribution in [0, 0.1) is 11.3 Å². The number of hydrogen-bond donors (Lipinski definition) is 1. The number of carbonyl (C=O) groups excluding carboxylic acids is 2. The van der Waals surface area contributed by atoms with Gasteiger partial charge < -0.3 is 15.0 Å². The molecule has 0 aromatic heterocycles. The van der Waals surface area contributed by atoms with Crippen molar-refractivity contribution < 1.29 is 27.5 Å². The van der Waals surface area contributed by atoms with Crippen LogP contribution in [0.4, 0.5) is 18.9 Å². The number of piperidine rings is 1. The molecule has 1 N–H and O–H groups in total. The molecule has 184 valence electrons. The molecule has 0 saturated carbocycles. The molecular weight excluding hydrogens is 461 g/mol. The molecule has 2 aromatic carbocycles. The summed E-state index contributed by atoms with van der Waals surface area (Å²) in [5, 5.41) is 11.9. The van der Waals surface area contributed by atoms with E-state index < -0.39 is 17.3 Å². The molecular formula is C25H25F3N4O3. The second kappa shape index (κ2) is 10.1. The number of morpholine rings is 1. The van der Waals surface area contributed by atoms with Crippen LogP contribution < -0.4 is 5.32 Å². The number of halogens is 3. The summed E-state index contributed by atoms with van der Waals surface area (Å²) < 4.78 is 44.2. The second-order valence-corrected chi connectivity index (χ2v) is 8.82. The number of nitrogens with zero attached hydrogens (tertiary/aromatic N) is 3. The number of rotatable bonds is 4. The third-order valence-corrected chi connectivity index (χ3v) is 6.43. The molecule has 35 heavy (non-hydrogen) atoms. The van der Waals surface area contributed by atoms with Crippen molar-refractivity contribution in [3.8, 4) is 6.07 Å². The lowest BCUT2D eigenvalue weighted by molar-refractivity contribution is -0.139. The Balaban J connectivity index is 1.31. The average molecular weight is 486 g/mol. The molecule has 0 aliphatic carbocycles. The number of anilines is 1. The molecule has 10 heteroatoms. The van der Waals surface area contributed by atoms with Crippen LogP contribution in [-0.4, -0.2) is 66.5 Å². The lowest BCUT2D eigenvalue weighted by Crippen LogP contribution is -2.58. The van der Waals surface area contributed by atoms with Gasteiger partial charge in [0.2, 0.25) is 5.91 Å². The van der Waals surface area contributed by atoms with E-state index in [9.17, 15) is 28.0 Å². The van der Waals surface area contributed by atoms with E-state index >= 15 is 0 Å². The van der Waals surface area contributed by atoms with E-state index in [0.29, 0.717) is 62.4 Å². The van der Waals surface area contributed by atoms with Gasteiger partial charge in [-0.1, -0.05) is 12.1 Å². The first-order valence-corrected chi connectivity index (χ1v) is 11.3. The van der Waals surface area contributed by atoms with Crippen molar-refractivity contribution in [3.63, 3.8) is 0 Å². The molecule has 0 radical (unpaired) electrons. The smallest absolute Gasteiger partial charge is 0.372 e. The van der Waals surface area contributed by atoms with Crippen LogP contribution in [0.5, 0.6) is 0 Å². The number of amides is 2. The number of nitrogens with one attached hydrogen (secondary N) is 1. The van der Waals surface area contributed by atoms with Crippen molar-refractivity contribution >= 4 is 17.5 Å². The lowest BCUT2D eigenvalue weighted by atomic mass is 9.89. The molecule has 0 unspecified atom stereocenters. The van der Waals surface area contributed by atoms with E-state index in [4.69, 9.17) is 4.74 Å². The van der Waals surface area contributed by atoms with E-state index in [1.165, 1.54) is 12.1 Å².